The fourth-order valence-corrected chi connectivity index (χ4v) is 4.80. The largest absolute Gasteiger partial charge is 0.316 e. The molecule has 1 N–H and O–H groups in total. The maximum absolute atomic E-state index is 3.77. The second-order valence-electron chi connectivity index (χ2n) is 7.99. The maximum Gasteiger partial charge on any atom is 0.00472 e. The lowest BCUT2D eigenvalue weighted by Crippen LogP contribution is -2.55. The summed E-state index contributed by atoms with van der Waals surface area (Å²) in [4.78, 5) is 0. The average molecular weight is 261 g/mol. The first-order valence-corrected chi connectivity index (χ1v) is 8.55. The van der Waals surface area contributed by atoms with Gasteiger partial charge in [0.15, 0.2) is 0 Å². The van der Waals surface area contributed by atoms with Gasteiger partial charge in [0.25, 0.3) is 0 Å². The molecule has 1 spiro atoms. The Hall–Kier alpha value is -0.300. The molecule has 0 bridgehead atoms. The molecule has 19 heavy (non-hydrogen) atoms. The summed E-state index contributed by atoms with van der Waals surface area (Å²) in [6.45, 7) is 7.06. The predicted octanol–water partition coefficient (Wildman–Crippen LogP) is 4.68. The van der Waals surface area contributed by atoms with Gasteiger partial charge in [-0.1, -0.05) is 31.9 Å². The van der Waals surface area contributed by atoms with Crippen LogP contribution in [-0.2, 0) is 0 Å². The van der Waals surface area contributed by atoms with E-state index in [4.69, 9.17) is 0 Å². The molecule has 0 unspecified atom stereocenters. The average Bonchev–Trinajstić information content (AvgIpc) is 2.31. The highest BCUT2D eigenvalue weighted by Gasteiger charge is 2.57. The Morgan fingerprint density at radius 3 is 2.47 bits per heavy atom. The summed E-state index contributed by atoms with van der Waals surface area (Å²) in [5, 5.41) is 3.77. The molecule has 0 radical (unpaired) electrons. The van der Waals surface area contributed by atoms with Gasteiger partial charge in [-0.3, -0.25) is 0 Å². The normalized spacial score (nSPS) is 27.8. The molecule has 1 nitrogen and oxygen atoms in total. The number of hydrogen-bond donors (Lipinski definition) is 1. The molecular weight excluding hydrogens is 230 g/mol. The highest BCUT2D eigenvalue weighted by molar-refractivity contribution is 5.26. The van der Waals surface area contributed by atoms with E-state index in [2.05, 4.69) is 25.2 Å². The van der Waals surface area contributed by atoms with E-state index >= 15 is 0 Å². The van der Waals surface area contributed by atoms with E-state index in [1.54, 1.807) is 0 Å². The number of hydrogen-bond acceptors (Lipinski definition) is 1. The lowest BCUT2D eigenvalue weighted by atomic mass is 9.43. The molecule has 0 aromatic rings. The minimum atomic E-state index is 0.565. The highest BCUT2D eigenvalue weighted by atomic mass is 14.9. The Balaban J connectivity index is 1.64. The van der Waals surface area contributed by atoms with Gasteiger partial charge < -0.3 is 5.32 Å². The minimum absolute atomic E-state index is 0.565. The quantitative estimate of drug-likeness (QED) is 0.708. The zero-order chi connectivity index (χ0) is 13.3. The van der Waals surface area contributed by atoms with E-state index in [-0.39, 0.29) is 0 Å². The van der Waals surface area contributed by atoms with Crippen LogP contribution in [0.3, 0.4) is 0 Å². The van der Waals surface area contributed by atoms with Gasteiger partial charge in [0.1, 0.15) is 0 Å². The van der Waals surface area contributed by atoms with Crippen molar-refractivity contribution in [2.24, 2.45) is 16.7 Å². The smallest absolute Gasteiger partial charge is 0.00472 e. The lowest BCUT2D eigenvalue weighted by Gasteiger charge is -2.63. The van der Waals surface area contributed by atoms with Crippen molar-refractivity contribution in [2.75, 3.05) is 13.1 Å². The van der Waals surface area contributed by atoms with Crippen LogP contribution < -0.4 is 5.32 Å². The molecule has 2 fully saturated rings. The van der Waals surface area contributed by atoms with Crippen molar-refractivity contribution in [3.05, 3.63) is 11.6 Å². The molecule has 0 aromatic carbocycles. The summed E-state index contributed by atoms with van der Waals surface area (Å²) in [5.74, 6) is 0.773. The first-order chi connectivity index (χ1) is 9.14. The molecule has 0 saturated heterocycles. The monoisotopic (exact) mass is 261 g/mol. The van der Waals surface area contributed by atoms with Crippen molar-refractivity contribution in [1.29, 1.82) is 0 Å². The van der Waals surface area contributed by atoms with E-state index in [1.165, 1.54) is 70.9 Å². The van der Waals surface area contributed by atoms with Crippen molar-refractivity contribution in [3.8, 4) is 0 Å². The van der Waals surface area contributed by atoms with Crippen molar-refractivity contribution < 1.29 is 0 Å². The van der Waals surface area contributed by atoms with E-state index in [0.29, 0.717) is 5.41 Å². The SMILES string of the molecule is CC(C)CNCC1(C2=CCCCC2)CC2(CCC2)C1. The van der Waals surface area contributed by atoms with Gasteiger partial charge in [0.2, 0.25) is 0 Å². The molecule has 1 heteroatoms. The Bertz CT molecular complexity index is 341. The summed E-state index contributed by atoms with van der Waals surface area (Å²) >= 11 is 0. The summed E-state index contributed by atoms with van der Waals surface area (Å²) in [5.41, 5.74) is 3.18. The van der Waals surface area contributed by atoms with Gasteiger partial charge in [-0.2, -0.15) is 0 Å². The second kappa shape index (κ2) is 5.24. The summed E-state index contributed by atoms with van der Waals surface area (Å²) < 4.78 is 0. The minimum Gasteiger partial charge on any atom is -0.316 e. The van der Waals surface area contributed by atoms with E-state index in [1.807, 2.05) is 5.57 Å². The van der Waals surface area contributed by atoms with E-state index in [0.717, 1.165) is 11.3 Å². The van der Waals surface area contributed by atoms with Gasteiger partial charge in [-0.05, 0) is 69.2 Å². The molecule has 0 aliphatic heterocycles. The third-order valence-electron chi connectivity index (χ3n) is 5.83. The van der Waals surface area contributed by atoms with E-state index in [9.17, 15) is 0 Å². The zero-order valence-corrected chi connectivity index (χ0v) is 12.9. The molecule has 3 rings (SSSR count). The lowest BCUT2D eigenvalue weighted by molar-refractivity contribution is -0.0760. The topological polar surface area (TPSA) is 12.0 Å². The third-order valence-corrected chi connectivity index (χ3v) is 5.83. The fraction of sp³-hybridized carbons (Fsp3) is 0.889. The fourth-order valence-electron chi connectivity index (χ4n) is 4.80. The van der Waals surface area contributed by atoms with Gasteiger partial charge in [-0.25, -0.2) is 0 Å². The zero-order valence-electron chi connectivity index (χ0n) is 12.9. The first kappa shape index (κ1) is 13.7. The first-order valence-electron chi connectivity index (χ1n) is 8.55. The maximum atomic E-state index is 3.77. The molecule has 2 saturated carbocycles. The molecular formula is C18H31N. The molecule has 3 aliphatic carbocycles. The van der Waals surface area contributed by atoms with Crippen LogP contribution in [0.15, 0.2) is 11.6 Å². The molecule has 3 aliphatic rings. The van der Waals surface area contributed by atoms with Crippen LogP contribution in [0.25, 0.3) is 0 Å². The van der Waals surface area contributed by atoms with Crippen LogP contribution in [0.4, 0.5) is 0 Å². The Kier molecular flexibility index (Phi) is 3.77. The molecule has 0 atom stereocenters. The predicted molar refractivity (Wildman–Crippen MR) is 82.2 cm³/mol. The van der Waals surface area contributed by atoms with Crippen LogP contribution in [0, 0.1) is 16.7 Å². The van der Waals surface area contributed by atoms with Crippen molar-refractivity contribution in [3.63, 3.8) is 0 Å². The third kappa shape index (κ3) is 2.63. The Labute approximate surface area is 119 Å². The van der Waals surface area contributed by atoms with Crippen molar-refractivity contribution in [1.82, 2.24) is 5.32 Å². The Morgan fingerprint density at radius 2 is 1.95 bits per heavy atom. The summed E-state index contributed by atoms with van der Waals surface area (Å²) in [7, 11) is 0. The molecule has 0 aromatic heterocycles. The van der Waals surface area contributed by atoms with Crippen LogP contribution >= 0.6 is 0 Å². The van der Waals surface area contributed by atoms with Crippen molar-refractivity contribution in [2.45, 2.75) is 71.6 Å². The van der Waals surface area contributed by atoms with E-state index < -0.39 is 0 Å². The summed E-state index contributed by atoms with van der Waals surface area (Å²) in [6, 6.07) is 0. The van der Waals surface area contributed by atoms with Gasteiger partial charge in [0, 0.05) is 12.0 Å². The number of nitrogens with one attached hydrogen (secondary N) is 1. The molecule has 0 amide bonds. The second-order valence-corrected chi connectivity index (χ2v) is 7.99. The van der Waals surface area contributed by atoms with Crippen LogP contribution in [-0.4, -0.2) is 13.1 Å². The molecule has 108 valence electrons. The van der Waals surface area contributed by atoms with Crippen LogP contribution in [0.5, 0.6) is 0 Å². The van der Waals surface area contributed by atoms with Gasteiger partial charge in [0.05, 0.1) is 0 Å². The number of rotatable bonds is 5. The van der Waals surface area contributed by atoms with Gasteiger partial charge >= 0.3 is 0 Å². The highest BCUT2D eigenvalue weighted by Crippen LogP contribution is 2.67. The summed E-state index contributed by atoms with van der Waals surface area (Å²) in [6.07, 6.45) is 15.7. The van der Waals surface area contributed by atoms with Crippen LogP contribution in [0.1, 0.15) is 71.6 Å². The van der Waals surface area contributed by atoms with Crippen molar-refractivity contribution >= 4 is 0 Å². The Morgan fingerprint density at radius 1 is 1.16 bits per heavy atom. The van der Waals surface area contributed by atoms with Crippen LogP contribution in [0.2, 0.25) is 0 Å². The standard InChI is InChI=1S/C18H31N/c1-15(2)11-19-14-18(16-7-4-3-5-8-16)12-17(13-18)9-6-10-17/h7,15,19H,3-6,8-14H2,1-2H3. The van der Waals surface area contributed by atoms with Gasteiger partial charge in [-0.15, -0.1) is 0 Å². The number of allylic oxidation sites excluding steroid dienone is 1. The molecule has 0 heterocycles.